The number of fused-ring (bicyclic) bond motifs is 1. The van der Waals surface area contributed by atoms with Crippen LogP contribution >= 0.6 is 0 Å². The van der Waals surface area contributed by atoms with Gasteiger partial charge in [-0.15, -0.1) is 0 Å². The van der Waals surface area contributed by atoms with Gasteiger partial charge in [-0.05, 0) is 43.3 Å². The lowest BCUT2D eigenvalue weighted by molar-refractivity contribution is -0.116. The van der Waals surface area contributed by atoms with Crippen molar-refractivity contribution in [1.29, 1.82) is 0 Å². The van der Waals surface area contributed by atoms with Crippen molar-refractivity contribution in [3.8, 4) is 11.5 Å². The molecule has 10 heteroatoms. The van der Waals surface area contributed by atoms with E-state index in [4.69, 9.17) is 9.47 Å². The molecule has 0 bridgehead atoms. The predicted octanol–water partition coefficient (Wildman–Crippen LogP) is 2.04. The van der Waals surface area contributed by atoms with Gasteiger partial charge in [0.15, 0.2) is 11.5 Å². The fraction of sp³-hybridized carbons (Fsp3) is 0.300. The first kappa shape index (κ1) is 21.4. The number of hydrogen-bond donors (Lipinski definition) is 1. The van der Waals surface area contributed by atoms with Gasteiger partial charge < -0.3 is 19.5 Å². The molecule has 0 saturated heterocycles. The maximum absolute atomic E-state index is 12.8. The summed E-state index contributed by atoms with van der Waals surface area (Å²) in [5, 5.41) is 2.66. The van der Waals surface area contributed by atoms with Crippen LogP contribution in [0.5, 0.6) is 11.5 Å². The van der Waals surface area contributed by atoms with Gasteiger partial charge in [0.1, 0.15) is 19.3 Å². The van der Waals surface area contributed by atoms with Crippen LogP contribution in [-0.2, 0) is 19.6 Å². The quantitative estimate of drug-likeness (QED) is 0.693. The monoisotopic (exact) mass is 434 g/mol. The SMILES string of the molecule is COC(=O)c1ccc(NC(=O)[C@H](C)N(c2ccc3c(c2)OCCO3)S(C)(=O)=O)cc1. The zero-order valence-electron chi connectivity index (χ0n) is 16.7. The third-order valence-electron chi connectivity index (χ3n) is 4.44. The molecule has 30 heavy (non-hydrogen) atoms. The van der Waals surface area contributed by atoms with E-state index in [9.17, 15) is 18.0 Å². The Morgan fingerprint density at radius 1 is 1.07 bits per heavy atom. The van der Waals surface area contributed by atoms with Crippen molar-refractivity contribution < 1.29 is 32.2 Å². The van der Waals surface area contributed by atoms with E-state index in [2.05, 4.69) is 10.1 Å². The number of hydrogen-bond acceptors (Lipinski definition) is 7. The molecule has 1 amide bonds. The molecule has 0 aliphatic carbocycles. The molecular formula is C20H22N2O7S. The molecule has 1 aliphatic rings. The Morgan fingerprint density at radius 3 is 2.30 bits per heavy atom. The number of benzene rings is 2. The third-order valence-corrected chi connectivity index (χ3v) is 5.68. The van der Waals surface area contributed by atoms with E-state index in [0.717, 1.165) is 10.6 Å². The molecule has 2 aromatic rings. The summed E-state index contributed by atoms with van der Waals surface area (Å²) in [6, 6.07) is 9.72. The second kappa shape index (κ2) is 8.62. The average molecular weight is 434 g/mol. The number of carbonyl (C=O) groups excluding carboxylic acids is 2. The second-order valence-electron chi connectivity index (χ2n) is 6.62. The highest BCUT2D eigenvalue weighted by molar-refractivity contribution is 7.92. The zero-order valence-corrected chi connectivity index (χ0v) is 17.6. The predicted molar refractivity (Wildman–Crippen MR) is 111 cm³/mol. The molecule has 1 heterocycles. The molecule has 1 atom stereocenters. The Bertz CT molecular complexity index is 1050. The molecule has 1 aliphatic heterocycles. The summed E-state index contributed by atoms with van der Waals surface area (Å²) in [6.45, 7) is 2.25. The van der Waals surface area contributed by atoms with Crippen LogP contribution in [-0.4, -0.2) is 52.9 Å². The van der Waals surface area contributed by atoms with Crippen LogP contribution in [0.15, 0.2) is 42.5 Å². The number of esters is 1. The van der Waals surface area contributed by atoms with E-state index in [1.54, 1.807) is 12.1 Å². The van der Waals surface area contributed by atoms with Gasteiger partial charge in [0.2, 0.25) is 15.9 Å². The lowest BCUT2D eigenvalue weighted by Gasteiger charge is -2.29. The summed E-state index contributed by atoms with van der Waals surface area (Å²) >= 11 is 0. The number of nitrogens with zero attached hydrogens (tertiary/aromatic N) is 1. The summed E-state index contributed by atoms with van der Waals surface area (Å²) < 4.78 is 41.6. The topological polar surface area (TPSA) is 111 Å². The lowest BCUT2D eigenvalue weighted by atomic mass is 10.2. The minimum absolute atomic E-state index is 0.283. The fourth-order valence-corrected chi connectivity index (χ4v) is 4.20. The smallest absolute Gasteiger partial charge is 0.337 e. The fourth-order valence-electron chi connectivity index (χ4n) is 3.03. The second-order valence-corrected chi connectivity index (χ2v) is 8.48. The highest BCUT2D eigenvalue weighted by Gasteiger charge is 2.30. The van der Waals surface area contributed by atoms with Gasteiger partial charge in [0.05, 0.1) is 24.6 Å². The molecule has 0 aromatic heterocycles. The van der Waals surface area contributed by atoms with Crippen LogP contribution in [0.25, 0.3) is 0 Å². The number of rotatable bonds is 6. The minimum atomic E-state index is -3.79. The number of anilines is 2. The molecule has 0 unspecified atom stereocenters. The molecule has 9 nitrogen and oxygen atoms in total. The Balaban J connectivity index is 1.82. The van der Waals surface area contributed by atoms with Gasteiger partial charge in [-0.1, -0.05) is 0 Å². The maximum Gasteiger partial charge on any atom is 0.337 e. The molecular weight excluding hydrogens is 412 g/mol. The van der Waals surface area contributed by atoms with Gasteiger partial charge >= 0.3 is 5.97 Å². The minimum Gasteiger partial charge on any atom is -0.486 e. The zero-order chi connectivity index (χ0) is 21.9. The van der Waals surface area contributed by atoms with E-state index >= 15 is 0 Å². The van der Waals surface area contributed by atoms with Crippen LogP contribution in [0.4, 0.5) is 11.4 Å². The Hall–Kier alpha value is -3.27. The van der Waals surface area contributed by atoms with E-state index in [0.29, 0.717) is 36.0 Å². The first-order chi connectivity index (χ1) is 14.2. The Labute approximate surface area is 174 Å². The summed E-state index contributed by atoms with van der Waals surface area (Å²) in [4.78, 5) is 24.3. The van der Waals surface area contributed by atoms with E-state index < -0.39 is 27.9 Å². The van der Waals surface area contributed by atoms with Crippen molar-refractivity contribution in [1.82, 2.24) is 0 Å². The number of nitrogens with one attached hydrogen (secondary N) is 1. The largest absolute Gasteiger partial charge is 0.486 e. The van der Waals surface area contributed by atoms with Gasteiger partial charge in [0, 0.05) is 11.8 Å². The van der Waals surface area contributed by atoms with Gasteiger partial charge in [-0.2, -0.15) is 0 Å². The first-order valence-electron chi connectivity index (χ1n) is 9.09. The van der Waals surface area contributed by atoms with Crippen molar-refractivity contribution in [3.05, 3.63) is 48.0 Å². The molecule has 0 saturated carbocycles. The summed E-state index contributed by atoms with van der Waals surface area (Å²) in [6.07, 6.45) is 1.03. The third kappa shape index (κ3) is 4.65. The van der Waals surface area contributed by atoms with Crippen molar-refractivity contribution in [3.63, 3.8) is 0 Å². The molecule has 3 rings (SSSR count). The molecule has 0 spiro atoms. The van der Waals surface area contributed by atoms with Crippen LogP contribution in [0, 0.1) is 0 Å². The highest BCUT2D eigenvalue weighted by Crippen LogP contribution is 2.35. The summed E-state index contributed by atoms with van der Waals surface area (Å²) in [5.41, 5.74) is 1.03. The number of amides is 1. The maximum atomic E-state index is 12.8. The van der Waals surface area contributed by atoms with Crippen molar-refractivity contribution in [2.24, 2.45) is 0 Å². The Morgan fingerprint density at radius 2 is 1.70 bits per heavy atom. The first-order valence-corrected chi connectivity index (χ1v) is 10.9. The van der Waals surface area contributed by atoms with Gasteiger partial charge in [-0.3, -0.25) is 9.10 Å². The van der Waals surface area contributed by atoms with Crippen LogP contribution in [0.3, 0.4) is 0 Å². The van der Waals surface area contributed by atoms with E-state index in [1.165, 1.54) is 44.4 Å². The van der Waals surface area contributed by atoms with Crippen LogP contribution < -0.4 is 19.1 Å². The summed E-state index contributed by atoms with van der Waals surface area (Å²) in [7, 11) is -2.51. The average Bonchev–Trinajstić information content (AvgIpc) is 2.72. The van der Waals surface area contributed by atoms with Crippen LogP contribution in [0.2, 0.25) is 0 Å². The summed E-state index contributed by atoms with van der Waals surface area (Å²) in [5.74, 6) is -0.108. The number of ether oxygens (including phenoxy) is 3. The standard InChI is InChI=1S/C20H22N2O7S/c1-13(19(23)21-15-6-4-14(5-7-15)20(24)27-2)22(30(3,25)26)16-8-9-17-18(12-16)29-11-10-28-17/h4-9,12-13H,10-11H2,1-3H3,(H,21,23)/t13-/m0/s1. The van der Waals surface area contributed by atoms with Gasteiger partial charge in [-0.25, -0.2) is 13.2 Å². The van der Waals surface area contributed by atoms with Crippen molar-refractivity contribution >= 4 is 33.3 Å². The van der Waals surface area contributed by atoms with Gasteiger partial charge in [0.25, 0.3) is 0 Å². The normalized spacial score (nSPS) is 13.8. The lowest BCUT2D eigenvalue weighted by Crippen LogP contribution is -2.45. The number of sulfonamides is 1. The molecule has 160 valence electrons. The van der Waals surface area contributed by atoms with Crippen molar-refractivity contribution in [2.75, 3.05) is 36.2 Å². The highest BCUT2D eigenvalue weighted by atomic mass is 32.2. The van der Waals surface area contributed by atoms with E-state index in [1.807, 2.05) is 0 Å². The molecule has 0 radical (unpaired) electrons. The van der Waals surface area contributed by atoms with Crippen molar-refractivity contribution in [2.45, 2.75) is 13.0 Å². The number of methoxy groups -OCH3 is 1. The molecule has 1 N–H and O–H groups in total. The van der Waals surface area contributed by atoms with Crippen LogP contribution in [0.1, 0.15) is 17.3 Å². The number of carbonyl (C=O) groups is 2. The molecule has 2 aromatic carbocycles. The molecule has 0 fully saturated rings. The Kier molecular flexibility index (Phi) is 6.16. The van der Waals surface area contributed by atoms with E-state index in [-0.39, 0.29) is 5.69 Å².